The van der Waals surface area contributed by atoms with E-state index in [0.717, 1.165) is 24.2 Å². The fraction of sp³-hybridized carbons (Fsp3) is 0.692. The second-order valence-electron chi connectivity index (χ2n) is 14.5. The molecule has 3 rings (SSSR count). The predicted octanol–water partition coefficient (Wildman–Crippen LogP) is 8.25. The minimum Gasteiger partial charge on any atom is -0.462 e. The summed E-state index contributed by atoms with van der Waals surface area (Å²) in [6, 6.07) is 8.94. The van der Waals surface area contributed by atoms with Gasteiger partial charge in [-0.15, -0.1) is 0 Å². The molecule has 1 aromatic rings. The Labute approximate surface area is 272 Å². The van der Waals surface area contributed by atoms with Gasteiger partial charge in [0.25, 0.3) is 0 Å². The van der Waals surface area contributed by atoms with Crippen molar-refractivity contribution < 1.29 is 29.3 Å². The first-order valence-corrected chi connectivity index (χ1v) is 17.6. The van der Waals surface area contributed by atoms with Crippen LogP contribution in [0.15, 0.2) is 48.6 Å². The van der Waals surface area contributed by atoms with E-state index in [2.05, 4.69) is 44.3 Å². The maximum Gasteiger partial charge on any atom is 0.336 e. The first-order chi connectivity index (χ1) is 21.4. The van der Waals surface area contributed by atoms with Crippen molar-refractivity contribution in [2.75, 3.05) is 13.2 Å². The molecule has 2 unspecified atom stereocenters. The highest BCUT2D eigenvalue weighted by Crippen LogP contribution is 2.44. The van der Waals surface area contributed by atoms with Crippen LogP contribution in [0, 0.1) is 23.7 Å². The maximum atomic E-state index is 12.4. The highest BCUT2D eigenvalue weighted by Gasteiger charge is 2.31. The van der Waals surface area contributed by atoms with Gasteiger partial charge in [0.1, 0.15) is 0 Å². The third-order valence-electron chi connectivity index (χ3n) is 10.5. The van der Waals surface area contributed by atoms with Gasteiger partial charge in [0.05, 0.1) is 36.1 Å². The number of hydrogen-bond acceptors (Lipinski definition) is 6. The quantitative estimate of drug-likeness (QED) is 0.103. The fourth-order valence-corrected chi connectivity index (χ4v) is 7.08. The second-order valence-corrected chi connectivity index (χ2v) is 14.5. The minimum atomic E-state index is -1.39. The first-order valence-electron chi connectivity index (χ1n) is 17.6. The number of esters is 2. The number of aryl methyl sites for hydroxylation is 1. The molecule has 2 N–H and O–H groups in total. The van der Waals surface area contributed by atoms with Crippen LogP contribution < -0.4 is 0 Å². The van der Waals surface area contributed by atoms with Crippen LogP contribution in [0.3, 0.4) is 0 Å². The molecule has 2 aliphatic rings. The van der Waals surface area contributed by atoms with Crippen LogP contribution in [0.5, 0.6) is 0 Å². The van der Waals surface area contributed by atoms with E-state index in [-0.39, 0.29) is 30.3 Å². The van der Waals surface area contributed by atoms with E-state index in [9.17, 15) is 19.8 Å². The molecule has 1 aromatic carbocycles. The lowest BCUT2D eigenvalue weighted by atomic mass is 9.68. The Morgan fingerprint density at radius 1 is 0.889 bits per heavy atom. The normalized spacial score (nSPS) is 23.5. The summed E-state index contributed by atoms with van der Waals surface area (Å²) in [5, 5.41) is 19.7. The van der Waals surface area contributed by atoms with E-state index in [0.29, 0.717) is 12.3 Å². The lowest BCUT2D eigenvalue weighted by Gasteiger charge is -2.38. The molecule has 0 bridgehead atoms. The Bertz CT molecular complexity index is 1080. The van der Waals surface area contributed by atoms with Gasteiger partial charge in [-0.2, -0.15) is 0 Å². The number of carbonyl (C=O) groups is 2. The van der Waals surface area contributed by atoms with Gasteiger partial charge < -0.3 is 19.7 Å². The lowest BCUT2D eigenvalue weighted by Crippen LogP contribution is -2.30. The molecule has 0 amide bonds. The predicted molar refractivity (Wildman–Crippen MR) is 181 cm³/mol. The molecule has 0 aliphatic heterocycles. The summed E-state index contributed by atoms with van der Waals surface area (Å²) in [6.07, 6.45) is 17.0. The van der Waals surface area contributed by atoms with Crippen molar-refractivity contribution in [1.82, 2.24) is 0 Å². The summed E-state index contributed by atoms with van der Waals surface area (Å²) in [6.45, 7) is 14.0. The van der Waals surface area contributed by atoms with Crippen LogP contribution in [0.2, 0.25) is 0 Å². The number of ether oxygens (including phenoxy) is 2. The molecule has 2 aliphatic carbocycles. The van der Waals surface area contributed by atoms with Crippen molar-refractivity contribution in [2.45, 2.75) is 135 Å². The maximum absolute atomic E-state index is 12.4. The highest BCUT2D eigenvalue weighted by atomic mass is 16.5. The standard InChI is InChI=1S/C39H60O6/c1-7-8-9-10-30-13-17-33(18-14-30)35-21-23-36(24-22-35)34-19-15-31(16-20-34)11-12-32(25-44-37(41)27(2)29(4)40)26-45-38(42)28(3)39(5,6)43/h15-16,19-20,29-30,32-33,35-36,40,43H,2-3,7-14,17-18,21-26H2,1,4-6H3. The van der Waals surface area contributed by atoms with Gasteiger partial charge in [-0.1, -0.05) is 82.9 Å². The molecule has 6 heteroatoms. The molecule has 0 heterocycles. The molecular formula is C39H60O6. The molecule has 6 nitrogen and oxygen atoms in total. The average molecular weight is 625 g/mol. The molecule has 0 saturated heterocycles. The van der Waals surface area contributed by atoms with E-state index < -0.39 is 23.6 Å². The molecule has 0 radical (unpaired) electrons. The number of rotatable bonds is 17. The molecule has 2 atom stereocenters. The van der Waals surface area contributed by atoms with E-state index >= 15 is 0 Å². The Kier molecular flexibility index (Phi) is 14.8. The minimum absolute atomic E-state index is 0.0176. The van der Waals surface area contributed by atoms with Crippen molar-refractivity contribution in [3.8, 4) is 0 Å². The monoisotopic (exact) mass is 624 g/mol. The number of aliphatic hydroxyl groups is 2. The topological polar surface area (TPSA) is 93.1 Å². The SMILES string of the molecule is C=C(C(=O)OCC(CCc1ccc(C2CCC(C3CCC(CCCCC)CC3)CC2)cc1)COC(=O)C(=C)C(C)(C)O)C(C)O. The van der Waals surface area contributed by atoms with Crippen LogP contribution in [0.4, 0.5) is 0 Å². The summed E-state index contributed by atoms with van der Waals surface area (Å²) >= 11 is 0. The summed E-state index contributed by atoms with van der Waals surface area (Å²) in [4.78, 5) is 24.7. The Balaban J connectivity index is 1.48. The average Bonchev–Trinajstić information content (AvgIpc) is 3.03. The van der Waals surface area contributed by atoms with Gasteiger partial charge in [-0.25, -0.2) is 9.59 Å². The lowest BCUT2D eigenvalue weighted by molar-refractivity contribution is -0.145. The van der Waals surface area contributed by atoms with Gasteiger partial charge in [0.2, 0.25) is 0 Å². The van der Waals surface area contributed by atoms with Crippen LogP contribution in [0.1, 0.15) is 128 Å². The van der Waals surface area contributed by atoms with Crippen molar-refractivity contribution in [2.24, 2.45) is 23.7 Å². The summed E-state index contributed by atoms with van der Waals surface area (Å²) in [5.41, 5.74) is 1.17. The van der Waals surface area contributed by atoms with Crippen LogP contribution >= 0.6 is 0 Å². The van der Waals surface area contributed by atoms with E-state index in [1.807, 2.05) is 0 Å². The number of unbranched alkanes of at least 4 members (excludes halogenated alkanes) is 2. The van der Waals surface area contributed by atoms with Gasteiger partial charge in [0.15, 0.2) is 0 Å². The Morgan fingerprint density at radius 3 is 1.98 bits per heavy atom. The molecular weight excluding hydrogens is 564 g/mol. The van der Waals surface area contributed by atoms with Crippen molar-refractivity contribution in [3.63, 3.8) is 0 Å². The van der Waals surface area contributed by atoms with Gasteiger partial charge in [-0.05, 0) is 107 Å². The van der Waals surface area contributed by atoms with Crippen LogP contribution in [-0.2, 0) is 25.5 Å². The number of aliphatic hydroxyl groups excluding tert-OH is 1. The molecule has 2 saturated carbocycles. The summed E-state index contributed by atoms with van der Waals surface area (Å²) in [7, 11) is 0. The van der Waals surface area contributed by atoms with Crippen LogP contribution in [0.25, 0.3) is 0 Å². The van der Waals surface area contributed by atoms with Crippen LogP contribution in [-0.4, -0.2) is 47.1 Å². The van der Waals surface area contributed by atoms with Crippen molar-refractivity contribution in [1.29, 1.82) is 0 Å². The third kappa shape index (κ3) is 12.0. The fourth-order valence-electron chi connectivity index (χ4n) is 7.08. The highest BCUT2D eigenvalue weighted by molar-refractivity contribution is 5.89. The van der Waals surface area contributed by atoms with E-state index in [1.165, 1.54) is 109 Å². The number of carbonyl (C=O) groups excluding carboxylic acids is 2. The van der Waals surface area contributed by atoms with Crippen molar-refractivity contribution >= 4 is 11.9 Å². The largest absolute Gasteiger partial charge is 0.462 e. The first kappa shape index (κ1) is 37.0. The second kappa shape index (κ2) is 18.0. The van der Waals surface area contributed by atoms with Gasteiger partial charge in [0, 0.05) is 5.92 Å². The van der Waals surface area contributed by atoms with E-state index in [4.69, 9.17) is 9.47 Å². The smallest absolute Gasteiger partial charge is 0.336 e. The molecule has 0 aromatic heterocycles. The Morgan fingerprint density at radius 2 is 1.44 bits per heavy atom. The molecule has 45 heavy (non-hydrogen) atoms. The number of benzene rings is 1. The molecule has 252 valence electrons. The van der Waals surface area contributed by atoms with Gasteiger partial charge in [-0.3, -0.25) is 0 Å². The number of hydrogen-bond donors (Lipinski definition) is 2. The third-order valence-corrected chi connectivity index (χ3v) is 10.5. The summed E-state index contributed by atoms with van der Waals surface area (Å²) in [5.74, 6) is 1.86. The zero-order chi connectivity index (χ0) is 33.0. The summed E-state index contributed by atoms with van der Waals surface area (Å²) < 4.78 is 10.8. The Hall–Kier alpha value is -2.44. The molecule has 2 fully saturated rings. The van der Waals surface area contributed by atoms with Crippen molar-refractivity contribution in [3.05, 3.63) is 59.7 Å². The molecule has 0 spiro atoms. The zero-order valence-corrected chi connectivity index (χ0v) is 28.5. The van der Waals surface area contributed by atoms with E-state index in [1.54, 1.807) is 0 Å². The zero-order valence-electron chi connectivity index (χ0n) is 28.5. The van der Waals surface area contributed by atoms with Gasteiger partial charge >= 0.3 is 11.9 Å².